The molecule has 0 bridgehead atoms. The van der Waals surface area contributed by atoms with Crippen LogP contribution in [0.15, 0.2) is 22.8 Å². The molecular formula is C11H14BrNO4. The van der Waals surface area contributed by atoms with Crippen molar-refractivity contribution in [1.82, 2.24) is 4.90 Å². The summed E-state index contributed by atoms with van der Waals surface area (Å²) in [6, 6.07) is 2.84. The van der Waals surface area contributed by atoms with Crippen molar-refractivity contribution < 1.29 is 18.7 Å². The van der Waals surface area contributed by atoms with Gasteiger partial charge in [0.15, 0.2) is 0 Å². The van der Waals surface area contributed by atoms with Gasteiger partial charge in [0.05, 0.1) is 25.2 Å². The van der Waals surface area contributed by atoms with Crippen LogP contribution in [0.25, 0.3) is 0 Å². The summed E-state index contributed by atoms with van der Waals surface area (Å²) in [5.74, 6) is -0.0276. The standard InChI is InChI=1S/C11H14BrNO4/c1-8(11(15)16-2)13(10(14)6-12)7-9-4-3-5-17-9/h3-5,8H,6-7H2,1-2H3/t8-/m1/s1. The number of carbonyl (C=O) groups is 2. The van der Waals surface area contributed by atoms with E-state index in [9.17, 15) is 9.59 Å². The molecule has 0 N–H and O–H groups in total. The Morgan fingerprint density at radius 2 is 2.29 bits per heavy atom. The topological polar surface area (TPSA) is 59.8 Å². The highest BCUT2D eigenvalue weighted by molar-refractivity contribution is 9.09. The van der Waals surface area contributed by atoms with Crippen molar-refractivity contribution in [2.24, 2.45) is 0 Å². The van der Waals surface area contributed by atoms with E-state index in [1.54, 1.807) is 19.1 Å². The highest BCUT2D eigenvalue weighted by atomic mass is 79.9. The molecule has 0 aliphatic rings. The molecule has 1 amide bonds. The van der Waals surface area contributed by atoms with Crippen LogP contribution >= 0.6 is 15.9 Å². The first-order valence-electron chi connectivity index (χ1n) is 5.05. The molecule has 0 radical (unpaired) electrons. The SMILES string of the molecule is COC(=O)[C@@H](C)N(Cc1ccco1)C(=O)CBr. The van der Waals surface area contributed by atoms with Crippen LogP contribution < -0.4 is 0 Å². The number of furan rings is 1. The number of rotatable bonds is 5. The van der Waals surface area contributed by atoms with Crippen molar-refractivity contribution in [1.29, 1.82) is 0 Å². The number of nitrogens with zero attached hydrogens (tertiary/aromatic N) is 1. The molecule has 0 aromatic carbocycles. The number of hydrogen-bond donors (Lipinski definition) is 0. The molecule has 1 rings (SSSR count). The van der Waals surface area contributed by atoms with Crippen molar-refractivity contribution in [3.05, 3.63) is 24.2 Å². The third-order valence-electron chi connectivity index (χ3n) is 2.35. The first-order valence-corrected chi connectivity index (χ1v) is 6.18. The van der Waals surface area contributed by atoms with Gasteiger partial charge in [-0.25, -0.2) is 4.79 Å². The molecule has 1 aromatic rings. The molecule has 0 aliphatic carbocycles. The summed E-state index contributed by atoms with van der Waals surface area (Å²) < 4.78 is 9.79. The fraction of sp³-hybridized carbons (Fsp3) is 0.455. The van der Waals surface area contributed by atoms with Crippen LogP contribution in [-0.4, -0.2) is 35.3 Å². The number of ether oxygens (including phenoxy) is 1. The van der Waals surface area contributed by atoms with Gasteiger partial charge in [0.25, 0.3) is 0 Å². The molecule has 0 saturated heterocycles. The summed E-state index contributed by atoms with van der Waals surface area (Å²) in [5.41, 5.74) is 0. The molecule has 5 nitrogen and oxygen atoms in total. The maximum Gasteiger partial charge on any atom is 0.328 e. The maximum absolute atomic E-state index is 11.7. The Kier molecular flexibility index (Phi) is 5.21. The molecule has 6 heteroatoms. The number of hydrogen-bond acceptors (Lipinski definition) is 4. The molecule has 0 fully saturated rings. The fourth-order valence-corrected chi connectivity index (χ4v) is 1.71. The number of carbonyl (C=O) groups excluding carboxylic acids is 2. The number of halogens is 1. The minimum absolute atomic E-state index is 0.148. The van der Waals surface area contributed by atoms with Gasteiger partial charge in [-0.2, -0.15) is 0 Å². The van der Waals surface area contributed by atoms with E-state index in [1.165, 1.54) is 18.3 Å². The van der Waals surface area contributed by atoms with Crippen molar-refractivity contribution in [2.75, 3.05) is 12.4 Å². The summed E-state index contributed by atoms with van der Waals surface area (Å²) in [5, 5.41) is 0.148. The highest BCUT2D eigenvalue weighted by Gasteiger charge is 2.26. The molecule has 94 valence electrons. The van der Waals surface area contributed by atoms with Gasteiger partial charge >= 0.3 is 5.97 Å². The maximum atomic E-state index is 11.7. The number of methoxy groups -OCH3 is 1. The van der Waals surface area contributed by atoms with Gasteiger partial charge in [0, 0.05) is 0 Å². The van der Waals surface area contributed by atoms with Crippen LogP contribution in [0.3, 0.4) is 0 Å². The van der Waals surface area contributed by atoms with Crippen molar-refractivity contribution in [2.45, 2.75) is 19.5 Å². The average molecular weight is 304 g/mol. The second kappa shape index (κ2) is 6.44. The minimum atomic E-state index is -0.643. The Morgan fingerprint density at radius 3 is 2.76 bits per heavy atom. The van der Waals surface area contributed by atoms with Crippen molar-refractivity contribution >= 4 is 27.8 Å². The second-order valence-corrected chi connectivity index (χ2v) is 3.99. The van der Waals surface area contributed by atoms with E-state index < -0.39 is 12.0 Å². The fourth-order valence-electron chi connectivity index (χ4n) is 1.39. The predicted octanol–water partition coefficient (Wildman–Crippen LogP) is 1.56. The van der Waals surface area contributed by atoms with Gasteiger partial charge < -0.3 is 14.1 Å². The second-order valence-electron chi connectivity index (χ2n) is 3.43. The van der Waals surface area contributed by atoms with Gasteiger partial charge in [0.2, 0.25) is 5.91 Å². The molecule has 0 saturated carbocycles. The lowest BCUT2D eigenvalue weighted by Crippen LogP contribution is -2.43. The normalized spacial score (nSPS) is 11.9. The summed E-state index contributed by atoms with van der Waals surface area (Å²) in [4.78, 5) is 24.6. The van der Waals surface area contributed by atoms with E-state index in [1.807, 2.05) is 0 Å². The summed E-state index contributed by atoms with van der Waals surface area (Å²) in [7, 11) is 1.29. The lowest BCUT2D eigenvalue weighted by molar-refractivity contribution is -0.151. The van der Waals surface area contributed by atoms with Gasteiger partial charge in [0.1, 0.15) is 11.8 Å². The Morgan fingerprint density at radius 1 is 1.59 bits per heavy atom. The largest absolute Gasteiger partial charge is 0.467 e. The molecule has 1 aromatic heterocycles. The summed E-state index contributed by atoms with van der Waals surface area (Å²) >= 11 is 3.08. The van der Waals surface area contributed by atoms with E-state index >= 15 is 0 Å². The molecule has 1 heterocycles. The monoisotopic (exact) mass is 303 g/mol. The average Bonchev–Trinajstić information content (AvgIpc) is 2.86. The molecule has 17 heavy (non-hydrogen) atoms. The van der Waals surface area contributed by atoms with Gasteiger partial charge in [-0.05, 0) is 19.1 Å². The third-order valence-corrected chi connectivity index (χ3v) is 2.83. The third kappa shape index (κ3) is 3.59. The van der Waals surface area contributed by atoms with Crippen LogP contribution in [0.2, 0.25) is 0 Å². The summed E-state index contributed by atoms with van der Waals surface area (Å²) in [6.45, 7) is 1.86. The van der Waals surface area contributed by atoms with E-state index in [4.69, 9.17) is 4.42 Å². The van der Waals surface area contributed by atoms with Crippen LogP contribution in [0.5, 0.6) is 0 Å². The lowest BCUT2D eigenvalue weighted by Gasteiger charge is -2.25. The number of amides is 1. The molecule has 0 aliphatic heterocycles. The first kappa shape index (κ1) is 13.8. The zero-order valence-corrected chi connectivity index (χ0v) is 11.3. The van der Waals surface area contributed by atoms with Crippen LogP contribution in [-0.2, 0) is 20.9 Å². The van der Waals surface area contributed by atoms with Crippen LogP contribution in [0.1, 0.15) is 12.7 Å². The molecule has 0 spiro atoms. The van der Waals surface area contributed by atoms with Gasteiger partial charge in [-0.15, -0.1) is 0 Å². The lowest BCUT2D eigenvalue weighted by atomic mass is 10.2. The highest BCUT2D eigenvalue weighted by Crippen LogP contribution is 2.11. The predicted molar refractivity (Wildman–Crippen MR) is 64.5 cm³/mol. The van der Waals surface area contributed by atoms with Gasteiger partial charge in [-0.1, -0.05) is 15.9 Å². The molecular weight excluding hydrogens is 290 g/mol. The zero-order chi connectivity index (χ0) is 12.8. The Bertz CT molecular complexity index is 377. The zero-order valence-electron chi connectivity index (χ0n) is 9.68. The smallest absolute Gasteiger partial charge is 0.328 e. The van der Waals surface area contributed by atoms with E-state index in [0.29, 0.717) is 5.76 Å². The Labute approximate surface area is 108 Å². The minimum Gasteiger partial charge on any atom is -0.467 e. The number of esters is 1. The van der Waals surface area contributed by atoms with E-state index in [-0.39, 0.29) is 17.8 Å². The molecule has 0 unspecified atom stereocenters. The Balaban J connectivity index is 2.80. The molecule has 1 atom stereocenters. The number of alkyl halides is 1. The van der Waals surface area contributed by atoms with Crippen molar-refractivity contribution in [3.63, 3.8) is 0 Å². The summed E-state index contributed by atoms with van der Waals surface area (Å²) in [6.07, 6.45) is 1.52. The van der Waals surface area contributed by atoms with E-state index in [0.717, 1.165) is 0 Å². The van der Waals surface area contributed by atoms with Crippen LogP contribution in [0, 0.1) is 0 Å². The van der Waals surface area contributed by atoms with Gasteiger partial charge in [-0.3, -0.25) is 4.79 Å². The van der Waals surface area contributed by atoms with Crippen LogP contribution in [0.4, 0.5) is 0 Å². The first-order chi connectivity index (χ1) is 8.10. The van der Waals surface area contributed by atoms with Crippen molar-refractivity contribution in [3.8, 4) is 0 Å². The quantitative estimate of drug-likeness (QED) is 0.612. The van der Waals surface area contributed by atoms with E-state index in [2.05, 4.69) is 20.7 Å². The Hall–Kier alpha value is -1.30.